The predicted octanol–water partition coefficient (Wildman–Crippen LogP) is 5.34. The lowest BCUT2D eigenvalue weighted by atomic mass is 9.93. The van der Waals surface area contributed by atoms with Gasteiger partial charge in [-0.3, -0.25) is 4.98 Å². The highest BCUT2D eigenvalue weighted by Crippen LogP contribution is 2.54. The number of aryl methyl sites for hydroxylation is 1. The minimum Gasteiger partial charge on any atom is -0.370 e. The van der Waals surface area contributed by atoms with Gasteiger partial charge in [0.15, 0.2) is 5.82 Å². The SMILES string of the molecule is CSNc1ccc(-n2cc(-c3cnc(C)c(N4CCC(F)(F)CC4)n3)nn2)c(N2CCC3(CC2)CC3)c1. The van der Waals surface area contributed by atoms with E-state index in [2.05, 4.69) is 43.1 Å². The summed E-state index contributed by atoms with van der Waals surface area (Å²) >= 11 is 1.57. The normalized spacial score (nSPS) is 20.3. The van der Waals surface area contributed by atoms with Gasteiger partial charge in [0.1, 0.15) is 11.4 Å². The molecule has 3 aromatic rings. The molecule has 0 atom stereocenters. The summed E-state index contributed by atoms with van der Waals surface area (Å²) in [6.45, 7) is 4.46. The van der Waals surface area contributed by atoms with Crippen LogP contribution >= 0.6 is 11.9 Å². The second-order valence-corrected chi connectivity index (χ2v) is 11.2. The molecule has 1 aromatic carbocycles. The Balaban J connectivity index is 1.28. The van der Waals surface area contributed by atoms with Crippen LogP contribution in [0.1, 0.15) is 44.2 Å². The van der Waals surface area contributed by atoms with Crippen molar-refractivity contribution in [1.82, 2.24) is 25.0 Å². The molecule has 0 amide bonds. The Morgan fingerprint density at radius 1 is 0.919 bits per heavy atom. The molecule has 1 saturated carbocycles. The van der Waals surface area contributed by atoms with Gasteiger partial charge < -0.3 is 14.5 Å². The van der Waals surface area contributed by atoms with Gasteiger partial charge >= 0.3 is 0 Å². The van der Waals surface area contributed by atoms with Crippen LogP contribution in [0.4, 0.5) is 26.0 Å². The molecule has 0 radical (unpaired) electrons. The summed E-state index contributed by atoms with van der Waals surface area (Å²) in [4.78, 5) is 13.6. The Bertz CT molecular complexity index is 1270. The highest BCUT2D eigenvalue weighted by Gasteiger charge is 2.44. The molecule has 8 nitrogen and oxygen atoms in total. The summed E-state index contributed by atoms with van der Waals surface area (Å²) in [6.07, 6.45) is 10.4. The number of hydrogen-bond acceptors (Lipinski definition) is 8. The maximum Gasteiger partial charge on any atom is 0.251 e. The first-order valence-electron chi connectivity index (χ1n) is 12.9. The Morgan fingerprint density at radius 3 is 2.35 bits per heavy atom. The van der Waals surface area contributed by atoms with Crippen molar-refractivity contribution in [3.63, 3.8) is 0 Å². The lowest BCUT2D eigenvalue weighted by Gasteiger charge is -2.35. The third-order valence-corrected chi connectivity index (χ3v) is 8.48. The summed E-state index contributed by atoms with van der Waals surface area (Å²) in [5.41, 5.74) is 5.66. The molecule has 1 aliphatic carbocycles. The first-order chi connectivity index (χ1) is 17.8. The lowest BCUT2D eigenvalue weighted by molar-refractivity contribution is -0.0221. The standard InChI is InChI=1S/C26H32F2N8S/c1-18-24(35-13-9-26(27,28)10-14-35)30-20(16-29-18)21-17-36(33-31-21)22-4-3-19(32-37-2)15-23(22)34-11-7-25(5-6-25)8-12-34/h3-4,15-17,32H,5-14H2,1-2H3. The van der Waals surface area contributed by atoms with E-state index >= 15 is 0 Å². The molecule has 0 unspecified atom stereocenters. The van der Waals surface area contributed by atoms with E-state index < -0.39 is 5.92 Å². The number of rotatable bonds is 6. The molecule has 196 valence electrons. The fourth-order valence-corrected chi connectivity index (χ4v) is 5.82. The molecule has 4 heterocycles. The summed E-state index contributed by atoms with van der Waals surface area (Å²) < 4.78 is 32.5. The molecule has 3 fully saturated rings. The molecule has 2 aromatic heterocycles. The van der Waals surface area contributed by atoms with Crippen molar-refractivity contribution in [2.45, 2.75) is 51.4 Å². The van der Waals surface area contributed by atoms with E-state index in [1.165, 1.54) is 25.7 Å². The minimum atomic E-state index is -2.61. The van der Waals surface area contributed by atoms with Gasteiger partial charge in [0.2, 0.25) is 0 Å². The molecule has 1 N–H and O–H groups in total. The fraction of sp³-hybridized carbons (Fsp3) is 0.538. The van der Waals surface area contributed by atoms with Gasteiger partial charge in [-0.05, 0) is 56.2 Å². The number of halogens is 2. The van der Waals surface area contributed by atoms with E-state index in [1.807, 2.05) is 24.3 Å². The number of nitrogens with one attached hydrogen (secondary N) is 1. The quantitative estimate of drug-likeness (QED) is 0.432. The van der Waals surface area contributed by atoms with Crippen molar-refractivity contribution in [2.75, 3.05) is 47.0 Å². The predicted molar refractivity (Wildman–Crippen MR) is 144 cm³/mol. The van der Waals surface area contributed by atoms with E-state index in [9.17, 15) is 8.78 Å². The maximum absolute atomic E-state index is 13.7. The average Bonchev–Trinajstić information content (AvgIpc) is 3.46. The van der Waals surface area contributed by atoms with Crippen LogP contribution in [-0.4, -0.2) is 63.3 Å². The van der Waals surface area contributed by atoms with Crippen LogP contribution in [0.25, 0.3) is 17.1 Å². The van der Waals surface area contributed by atoms with Gasteiger partial charge in [-0.25, -0.2) is 18.4 Å². The monoisotopic (exact) mass is 526 g/mol. The largest absolute Gasteiger partial charge is 0.370 e. The van der Waals surface area contributed by atoms with Gasteiger partial charge in [-0.15, -0.1) is 5.10 Å². The highest BCUT2D eigenvalue weighted by molar-refractivity contribution is 7.99. The number of anilines is 3. The molecule has 0 bridgehead atoms. The minimum absolute atomic E-state index is 0.170. The summed E-state index contributed by atoms with van der Waals surface area (Å²) in [5.74, 6) is -1.97. The zero-order valence-electron chi connectivity index (χ0n) is 21.3. The third kappa shape index (κ3) is 4.97. The molecular formula is C26H32F2N8S. The van der Waals surface area contributed by atoms with Crippen LogP contribution in [0.2, 0.25) is 0 Å². The number of aromatic nitrogens is 5. The van der Waals surface area contributed by atoms with Crippen LogP contribution in [-0.2, 0) is 0 Å². The Hall–Kier alpha value is -2.95. The third-order valence-electron chi connectivity index (χ3n) is 8.04. The van der Waals surface area contributed by atoms with Crippen molar-refractivity contribution in [3.8, 4) is 17.1 Å². The van der Waals surface area contributed by atoms with Crippen molar-refractivity contribution in [2.24, 2.45) is 5.41 Å². The summed E-state index contributed by atoms with van der Waals surface area (Å²) in [5, 5.41) is 8.87. The molecular weight excluding hydrogens is 494 g/mol. The zero-order chi connectivity index (χ0) is 25.6. The van der Waals surface area contributed by atoms with Crippen molar-refractivity contribution >= 4 is 29.1 Å². The molecule has 11 heteroatoms. The van der Waals surface area contributed by atoms with E-state index in [1.54, 1.807) is 22.8 Å². The number of hydrogen-bond donors (Lipinski definition) is 1. The fourth-order valence-electron chi connectivity index (χ4n) is 5.46. The Morgan fingerprint density at radius 2 is 1.65 bits per heavy atom. The highest BCUT2D eigenvalue weighted by atomic mass is 32.2. The van der Waals surface area contributed by atoms with E-state index in [0.717, 1.165) is 35.8 Å². The number of nitrogens with zero attached hydrogens (tertiary/aromatic N) is 7. The number of benzene rings is 1. The first kappa shape index (κ1) is 24.4. The molecule has 6 rings (SSSR count). The topological polar surface area (TPSA) is 75.0 Å². The zero-order valence-corrected chi connectivity index (χ0v) is 22.1. The molecule has 2 saturated heterocycles. The molecule has 3 aliphatic rings. The molecule has 1 spiro atoms. The molecule has 2 aliphatic heterocycles. The number of alkyl halides is 2. The lowest BCUT2D eigenvalue weighted by Crippen LogP contribution is -2.40. The summed E-state index contributed by atoms with van der Waals surface area (Å²) in [6, 6.07) is 6.32. The van der Waals surface area contributed by atoms with Gasteiger partial charge in [-0.1, -0.05) is 17.2 Å². The second kappa shape index (κ2) is 9.41. The maximum atomic E-state index is 13.7. The summed E-state index contributed by atoms with van der Waals surface area (Å²) in [7, 11) is 0. The van der Waals surface area contributed by atoms with Crippen molar-refractivity contribution < 1.29 is 8.78 Å². The van der Waals surface area contributed by atoms with Gasteiger partial charge in [0.25, 0.3) is 5.92 Å². The second-order valence-electron chi connectivity index (χ2n) is 10.6. The van der Waals surface area contributed by atoms with Crippen LogP contribution in [0.5, 0.6) is 0 Å². The van der Waals surface area contributed by atoms with Crippen LogP contribution < -0.4 is 14.5 Å². The smallest absolute Gasteiger partial charge is 0.251 e. The molecule has 37 heavy (non-hydrogen) atoms. The van der Waals surface area contributed by atoms with Crippen molar-refractivity contribution in [1.29, 1.82) is 0 Å². The van der Waals surface area contributed by atoms with Gasteiger partial charge in [0.05, 0.1) is 29.5 Å². The van der Waals surface area contributed by atoms with Crippen molar-refractivity contribution in [3.05, 3.63) is 36.3 Å². The van der Waals surface area contributed by atoms with E-state index in [-0.39, 0.29) is 25.9 Å². The van der Waals surface area contributed by atoms with Gasteiger partial charge in [0, 0.05) is 51.0 Å². The Kier molecular flexibility index (Phi) is 6.21. The van der Waals surface area contributed by atoms with Crippen LogP contribution in [0.15, 0.2) is 30.6 Å². The van der Waals surface area contributed by atoms with Gasteiger partial charge in [-0.2, -0.15) is 0 Å². The first-order valence-corrected chi connectivity index (χ1v) is 14.1. The average molecular weight is 527 g/mol. The van der Waals surface area contributed by atoms with Crippen LogP contribution in [0.3, 0.4) is 0 Å². The number of piperidine rings is 2. The van der Waals surface area contributed by atoms with Crippen LogP contribution in [0, 0.1) is 12.3 Å². The van der Waals surface area contributed by atoms with E-state index in [0.29, 0.717) is 22.6 Å². The van der Waals surface area contributed by atoms with E-state index in [4.69, 9.17) is 4.98 Å². The Labute approximate surface area is 220 Å².